The maximum atomic E-state index is 11.6. The third-order valence-electron chi connectivity index (χ3n) is 2.82. The number of para-hydroxylation sites is 1. The van der Waals surface area contributed by atoms with E-state index >= 15 is 0 Å². The number of sulfone groups is 1. The molecule has 4 nitrogen and oxygen atoms in total. The predicted molar refractivity (Wildman–Crippen MR) is 79.2 cm³/mol. The van der Waals surface area contributed by atoms with E-state index in [1.807, 2.05) is 38.1 Å². The molecule has 1 aromatic carbocycles. The predicted octanol–water partition coefficient (Wildman–Crippen LogP) is 2.46. The fourth-order valence-corrected chi connectivity index (χ4v) is 2.89. The number of anilines is 1. The van der Waals surface area contributed by atoms with E-state index in [1.54, 1.807) is 6.92 Å². The Labute approximate surface area is 116 Å². The van der Waals surface area contributed by atoms with Crippen molar-refractivity contribution in [2.24, 2.45) is 0 Å². The molecule has 0 aromatic heterocycles. The van der Waals surface area contributed by atoms with Crippen LogP contribution in [0, 0.1) is 0 Å². The molecule has 19 heavy (non-hydrogen) atoms. The van der Waals surface area contributed by atoms with Crippen LogP contribution in [-0.4, -0.2) is 32.6 Å². The first kappa shape index (κ1) is 16.0. The molecule has 0 saturated heterocycles. The summed E-state index contributed by atoms with van der Waals surface area (Å²) < 4.78 is 28.6. The number of hydrogen-bond acceptors (Lipinski definition) is 4. The molecule has 0 radical (unpaired) electrons. The van der Waals surface area contributed by atoms with Crippen LogP contribution in [0.2, 0.25) is 0 Å². The highest BCUT2D eigenvalue weighted by Gasteiger charge is 2.14. The van der Waals surface area contributed by atoms with Gasteiger partial charge in [-0.1, -0.05) is 25.1 Å². The van der Waals surface area contributed by atoms with Gasteiger partial charge < -0.3 is 10.1 Å². The van der Waals surface area contributed by atoms with Crippen LogP contribution in [0.15, 0.2) is 24.3 Å². The van der Waals surface area contributed by atoms with Crippen LogP contribution in [0.5, 0.6) is 0 Å². The number of nitrogens with one attached hydrogen (secondary N) is 1. The van der Waals surface area contributed by atoms with Gasteiger partial charge in [0.05, 0.1) is 12.4 Å². The van der Waals surface area contributed by atoms with Gasteiger partial charge in [-0.3, -0.25) is 0 Å². The maximum absolute atomic E-state index is 11.6. The van der Waals surface area contributed by atoms with Crippen molar-refractivity contribution in [3.63, 3.8) is 0 Å². The molecule has 1 unspecified atom stereocenters. The minimum absolute atomic E-state index is 0.118. The van der Waals surface area contributed by atoms with Crippen LogP contribution in [0.4, 0.5) is 5.69 Å². The van der Waals surface area contributed by atoms with Crippen LogP contribution in [-0.2, 0) is 21.2 Å². The molecule has 1 atom stereocenters. The Morgan fingerprint density at radius 3 is 2.58 bits per heavy atom. The van der Waals surface area contributed by atoms with Gasteiger partial charge in [0.25, 0.3) is 0 Å². The normalized spacial score (nSPS) is 13.2. The van der Waals surface area contributed by atoms with E-state index in [9.17, 15) is 8.42 Å². The number of hydrogen-bond donors (Lipinski definition) is 1. The van der Waals surface area contributed by atoms with Gasteiger partial charge >= 0.3 is 0 Å². The zero-order valence-electron chi connectivity index (χ0n) is 11.8. The van der Waals surface area contributed by atoms with Crippen LogP contribution in [0.25, 0.3) is 0 Å². The summed E-state index contributed by atoms with van der Waals surface area (Å²) >= 11 is 0. The van der Waals surface area contributed by atoms with Gasteiger partial charge in [0.15, 0.2) is 9.84 Å². The summed E-state index contributed by atoms with van der Waals surface area (Å²) in [5.74, 6) is 0.325. The van der Waals surface area contributed by atoms with Crippen molar-refractivity contribution in [1.82, 2.24) is 0 Å². The fourth-order valence-electron chi connectivity index (χ4n) is 1.80. The Hall–Kier alpha value is -1.07. The first-order valence-corrected chi connectivity index (χ1v) is 8.43. The molecule has 1 rings (SSSR count). The molecule has 0 spiro atoms. The molecule has 108 valence electrons. The monoisotopic (exact) mass is 285 g/mol. The van der Waals surface area contributed by atoms with Gasteiger partial charge in [0.2, 0.25) is 0 Å². The lowest BCUT2D eigenvalue weighted by atomic mass is 10.2. The molecule has 0 bridgehead atoms. The molecule has 0 aliphatic rings. The zero-order chi connectivity index (χ0) is 14.3. The lowest BCUT2D eigenvalue weighted by Crippen LogP contribution is -2.27. The largest absolute Gasteiger partial charge is 0.381 e. The van der Waals surface area contributed by atoms with Crippen molar-refractivity contribution in [3.05, 3.63) is 29.8 Å². The Kier molecular flexibility index (Phi) is 6.31. The van der Waals surface area contributed by atoms with E-state index in [1.165, 1.54) is 0 Å². The van der Waals surface area contributed by atoms with Crippen molar-refractivity contribution >= 4 is 15.5 Å². The number of benzene rings is 1. The summed E-state index contributed by atoms with van der Waals surface area (Å²) in [4.78, 5) is 0. The van der Waals surface area contributed by atoms with Crippen LogP contribution >= 0.6 is 0 Å². The van der Waals surface area contributed by atoms with Gasteiger partial charge in [-0.2, -0.15) is 0 Å². The molecule has 0 heterocycles. The average Bonchev–Trinajstić information content (AvgIpc) is 2.37. The summed E-state index contributed by atoms with van der Waals surface area (Å²) in [6.45, 7) is 6.70. The Balaban J connectivity index is 2.70. The van der Waals surface area contributed by atoms with Gasteiger partial charge in [-0.15, -0.1) is 0 Å². The SMILES string of the molecule is CCOCc1ccccc1NC(C)CS(=O)(=O)CC. The Morgan fingerprint density at radius 1 is 1.26 bits per heavy atom. The van der Waals surface area contributed by atoms with Crippen LogP contribution in [0.1, 0.15) is 26.3 Å². The van der Waals surface area contributed by atoms with Crippen LogP contribution < -0.4 is 5.32 Å². The topological polar surface area (TPSA) is 55.4 Å². The van der Waals surface area contributed by atoms with Crippen LogP contribution in [0.3, 0.4) is 0 Å². The second kappa shape index (κ2) is 7.50. The third kappa shape index (κ3) is 5.61. The minimum atomic E-state index is -2.96. The van der Waals surface area contributed by atoms with Crippen molar-refractivity contribution in [2.75, 3.05) is 23.4 Å². The highest BCUT2D eigenvalue weighted by atomic mass is 32.2. The average molecular weight is 285 g/mol. The molecular formula is C14H23NO3S. The summed E-state index contributed by atoms with van der Waals surface area (Å²) in [5.41, 5.74) is 1.99. The summed E-state index contributed by atoms with van der Waals surface area (Å²) in [6.07, 6.45) is 0. The van der Waals surface area contributed by atoms with Gasteiger partial charge in [0.1, 0.15) is 0 Å². The fraction of sp³-hybridized carbons (Fsp3) is 0.571. The molecule has 0 saturated carbocycles. The van der Waals surface area contributed by atoms with E-state index in [0.717, 1.165) is 11.3 Å². The number of ether oxygens (including phenoxy) is 1. The number of rotatable bonds is 8. The highest BCUT2D eigenvalue weighted by Crippen LogP contribution is 2.17. The van der Waals surface area contributed by atoms with E-state index in [-0.39, 0.29) is 17.5 Å². The maximum Gasteiger partial charge on any atom is 0.152 e. The minimum Gasteiger partial charge on any atom is -0.381 e. The first-order valence-electron chi connectivity index (χ1n) is 6.61. The standard InChI is InChI=1S/C14H23NO3S/c1-4-18-10-13-8-6-7-9-14(13)15-12(3)11-19(16,17)5-2/h6-9,12,15H,4-5,10-11H2,1-3H3. The lowest BCUT2D eigenvalue weighted by molar-refractivity contribution is 0.134. The van der Waals surface area contributed by atoms with Gasteiger partial charge in [0, 0.05) is 29.7 Å². The first-order chi connectivity index (χ1) is 8.98. The third-order valence-corrected chi connectivity index (χ3v) is 4.71. The molecule has 5 heteroatoms. The summed E-state index contributed by atoms with van der Waals surface area (Å²) in [7, 11) is -2.96. The molecule has 0 amide bonds. The second-order valence-corrected chi connectivity index (χ2v) is 6.94. The smallest absolute Gasteiger partial charge is 0.152 e. The molecule has 1 N–H and O–H groups in total. The molecule has 0 aliphatic heterocycles. The zero-order valence-corrected chi connectivity index (χ0v) is 12.7. The van der Waals surface area contributed by atoms with E-state index in [0.29, 0.717) is 13.2 Å². The van der Waals surface area contributed by atoms with Gasteiger partial charge in [-0.25, -0.2) is 8.42 Å². The highest BCUT2D eigenvalue weighted by molar-refractivity contribution is 7.91. The summed E-state index contributed by atoms with van der Waals surface area (Å²) in [5, 5.41) is 3.25. The quantitative estimate of drug-likeness (QED) is 0.797. The van der Waals surface area contributed by atoms with E-state index in [2.05, 4.69) is 5.32 Å². The molecule has 0 aliphatic carbocycles. The van der Waals surface area contributed by atoms with Gasteiger partial charge in [-0.05, 0) is 19.9 Å². The van der Waals surface area contributed by atoms with E-state index < -0.39 is 9.84 Å². The summed E-state index contributed by atoms with van der Waals surface area (Å²) in [6, 6.07) is 7.70. The molecule has 0 fully saturated rings. The van der Waals surface area contributed by atoms with Crippen molar-refractivity contribution in [2.45, 2.75) is 33.4 Å². The van der Waals surface area contributed by atoms with E-state index in [4.69, 9.17) is 4.74 Å². The van der Waals surface area contributed by atoms with Crippen molar-refractivity contribution in [1.29, 1.82) is 0 Å². The molecular weight excluding hydrogens is 262 g/mol. The second-order valence-electron chi connectivity index (χ2n) is 4.54. The molecule has 1 aromatic rings. The Morgan fingerprint density at radius 2 is 1.95 bits per heavy atom. The Bertz CT molecular complexity index is 485. The lowest BCUT2D eigenvalue weighted by Gasteiger charge is -2.18. The van der Waals surface area contributed by atoms with Crippen molar-refractivity contribution < 1.29 is 13.2 Å². The van der Waals surface area contributed by atoms with Crippen molar-refractivity contribution in [3.8, 4) is 0 Å².